The molecule has 0 aromatic carbocycles. The normalized spacial score (nSPS) is 13.9. The van der Waals surface area contributed by atoms with Crippen LogP contribution in [0.25, 0.3) is 0 Å². The Morgan fingerprint density at radius 2 is 2.00 bits per heavy atom. The minimum atomic E-state index is -1.30. The predicted molar refractivity (Wildman–Crippen MR) is 53.0 cm³/mol. The van der Waals surface area contributed by atoms with Gasteiger partial charge in [0.1, 0.15) is 0 Å². The zero-order valence-corrected chi connectivity index (χ0v) is 9.15. The standard InChI is InChI=1S/C10H16O5/c1-5-14-10(13)8(7(4)11)15-9(12)6(2)3/h7-8,11H,2,5H2,1,3-4H3. The molecule has 0 rings (SSSR count). The quantitative estimate of drug-likeness (QED) is 0.532. The Balaban J connectivity index is 4.47. The molecule has 0 aromatic heterocycles. The van der Waals surface area contributed by atoms with Crippen LogP contribution in [-0.2, 0) is 19.1 Å². The van der Waals surface area contributed by atoms with Gasteiger partial charge in [0, 0.05) is 5.57 Å². The first-order chi connectivity index (χ1) is 6.90. The summed E-state index contributed by atoms with van der Waals surface area (Å²) in [6.07, 6.45) is -2.42. The van der Waals surface area contributed by atoms with Crippen LogP contribution in [0.5, 0.6) is 0 Å². The smallest absolute Gasteiger partial charge is 0.350 e. The van der Waals surface area contributed by atoms with Gasteiger partial charge in [0.2, 0.25) is 6.10 Å². The highest BCUT2D eigenvalue weighted by molar-refractivity contribution is 5.89. The van der Waals surface area contributed by atoms with Crippen molar-refractivity contribution in [3.63, 3.8) is 0 Å². The second-order valence-electron chi connectivity index (χ2n) is 3.10. The van der Waals surface area contributed by atoms with Gasteiger partial charge in [-0.3, -0.25) is 0 Å². The number of carbonyl (C=O) groups is 2. The van der Waals surface area contributed by atoms with Gasteiger partial charge in [-0.15, -0.1) is 0 Å². The number of hydrogen-bond donors (Lipinski definition) is 1. The number of aliphatic hydroxyl groups excluding tert-OH is 1. The molecular weight excluding hydrogens is 200 g/mol. The van der Waals surface area contributed by atoms with Crippen LogP contribution in [0.3, 0.4) is 0 Å². The Morgan fingerprint density at radius 1 is 1.47 bits per heavy atom. The molecule has 1 N–H and O–H groups in total. The summed E-state index contributed by atoms with van der Waals surface area (Å²) in [6.45, 7) is 7.94. The zero-order valence-electron chi connectivity index (χ0n) is 9.15. The largest absolute Gasteiger partial charge is 0.463 e. The Labute approximate surface area is 88.7 Å². The van der Waals surface area contributed by atoms with Crippen molar-refractivity contribution in [3.05, 3.63) is 12.2 Å². The molecule has 0 aliphatic heterocycles. The first kappa shape index (κ1) is 13.6. The monoisotopic (exact) mass is 216 g/mol. The Hall–Kier alpha value is -1.36. The number of esters is 2. The minimum absolute atomic E-state index is 0.157. The Bertz CT molecular complexity index is 257. The third kappa shape index (κ3) is 4.60. The first-order valence-corrected chi connectivity index (χ1v) is 4.61. The van der Waals surface area contributed by atoms with Crippen molar-refractivity contribution in [1.82, 2.24) is 0 Å². The molecule has 15 heavy (non-hydrogen) atoms. The molecule has 0 aliphatic rings. The van der Waals surface area contributed by atoms with Crippen LogP contribution in [0.1, 0.15) is 20.8 Å². The number of aliphatic hydroxyl groups is 1. The zero-order chi connectivity index (χ0) is 12.0. The van der Waals surface area contributed by atoms with E-state index in [1.165, 1.54) is 13.8 Å². The van der Waals surface area contributed by atoms with Gasteiger partial charge in [0.15, 0.2) is 0 Å². The van der Waals surface area contributed by atoms with E-state index in [4.69, 9.17) is 4.74 Å². The van der Waals surface area contributed by atoms with Gasteiger partial charge >= 0.3 is 11.9 Å². The van der Waals surface area contributed by atoms with Crippen molar-refractivity contribution in [1.29, 1.82) is 0 Å². The molecule has 0 aliphatic carbocycles. The van der Waals surface area contributed by atoms with Gasteiger partial charge in [-0.05, 0) is 20.8 Å². The van der Waals surface area contributed by atoms with E-state index in [1.807, 2.05) is 0 Å². The lowest BCUT2D eigenvalue weighted by molar-refractivity contribution is -0.172. The average Bonchev–Trinajstić information content (AvgIpc) is 2.13. The molecule has 0 amide bonds. The van der Waals surface area contributed by atoms with E-state index in [0.29, 0.717) is 0 Å². The van der Waals surface area contributed by atoms with Gasteiger partial charge < -0.3 is 14.6 Å². The maximum Gasteiger partial charge on any atom is 0.350 e. The fraction of sp³-hybridized carbons (Fsp3) is 0.600. The van der Waals surface area contributed by atoms with Gasteiger partial charge in [0.05, 0.1) is 12.7 Å². The highest BCUT2D eigenvalue weighted by Crippen LogP contribution is 2.05. The maximum absolute atomic E-state index is 11.3. The maximum atomic E-state index is 11.3. The van der Waals surface area contributed by atoms with Crippen LogP contribution < -0.4 is 0 Å². The summed E-state index contributed by atoms with van der Waals surface area (Å²) >= 11 is 0. The van der Waals surface area contributed by atoms with Crippen molar-refractivity contribution in [2.24, 2.45) is 0 Å². The molecule has 0 radical (unpaired) electrons. The highest BCUT2D eigenvalue weighted by atomic mass is 16.6. The molecule has 0 saturated heterocycles. The fourth-order valence-corrected chi connectivity index (χ4v) is 0.784. The summed E-state index contributed by atoms with van der Waals surface area (Å²) < 4.78 is 9.36. The summed E-state index contributed by atoms with van der Waals surface area (Å²) in [7, 11) is 0. The first-order valence-electron chi connectivity index (χ1n) is 4.61. The van der Waals surface area contributed by atoms with Gasteiger partial charge in [-0.2, -0.15) is 0 Å². The number of carbonyl (C=O) groups excluding carboxylic acids is 2. The van der Waals surface area contributed by atoms with E-state index in [-0.39, 0.29) is 12.2 Å². The van der Waals surface area contributed by atoms with Crippen LogP contribution in [0, 0.1) is 0 Å². The van der Waals surface area contributed by atoms with Crippen LogP contribution in [-0.4, -0.2) is 35.9 Å². The topological polar surface area (TPSA) is 72.8 Å². The second-order valence-corrected chi connectivity index (χ2v) is 3.10. The van der Waals surface area contributed by atoms with Gasteiger partial charge in [0.25, 0.3) is 0 Å². The third-order valence-corrected chi connectivity index (χ3v) is 1.54. The van der Waals surface area contributed by atoms with E-state index < -0.39 is 24.1 Å². The lowest BCUT2D eigenvalue weighted by Crippen LogP contribution is -2.38. The molecule has 0 saturated carbocycles. The predicted octanol–water partition coefficient (Wildman–Crippen LogP) is 0.418. The summed E-state index contributed by atoms with van der Waals surface area (Å²) in [5.74, 6) is -1.49. The molecule has 2 unspecified atom stereocenters. The molecule has 0 heterocycles. The van der Waals surface area contributed by atoms with Crippen molar-refractivity contribution >= 4 is 11.9 Å². The molecule has 2 atom stereocenters. The minimum Gasteiger partial charge on any atom is -0.463 e. The average molecular weight is 216 g/mol. The Morgan fingerprint density at radius 3 is 2.33 bits per heavy atom. The molecule has 5 nitrogen and oxygen atoms in total. The molecule has 5 heteroatoms. The van der Waals surface area contributed by atoms with E-state index >= 15 is 0 Å². The SMILES string of the molecule is C=C(C)C(=O)OC(C(=O)OCC)C(C)O. The number of rotatable bonds is 5. The van der Waals surface area contributed by atoms with Crippen molar-refractivity contribution in [3.8, 4) is 0 Å². The van der Waals surface area contributed by atoms with E-state index in [9.17, 15) is 14.7 Å². The van der Waals surface area contributed by atoms with Gasteiger partial charge in [-0.25, -0.2) is 9.59 Å². The third-order valence-electron chi connectivity index (χ3n) is 1.54. The molecular formula is C10H16O5. The van der Waals surface area contributed by atoms with Crippen molar-refractivity contribution in [2.75, 3.05) is 6.61 Å². The summed E-state index contributed by atoms with van der Waals surface area (Å²) in [5, 5.41) is 9.23. The molecule has 0 bridgehead atoms. The molecule has 0 spiro atoms. The number of hydrogen-bond acceptors (Lipinski definition) is 5. The van der Waals surface area contributed by atoms with Crippen LogP contribution >= 0.6 is 0 Å². The Kier molecular flexibility index (Phi) is 5.62. The molecule has 0 aromatic rings. The van der Waals surface area contributed by atoms with Crippen molar-refractivity contribution < 1.29 is 24.2 Å². The van der Waals surface area contributed by atoms with E-state index in [1.54, 1.807) is 6.92 Å². The second kappa shape index (κ2) is 6.19. The van der Waals surface area contributed by atoms with Crippen LogP contribution in [0.4, 0.5) is 0 Å². The summed E-state index contributed by atoms with van der Waals surface area (Å²) in [6, 6.07) is 0. The van der Waals surface area contributed by atoms with Gasteiger partial charge in [-0.1, -0.05) is 6.58 Å². The molecule has 86 valence electrons. The lowest BCUT2D eigenvalue weighted by atomic mass is 10.2. The highest BCUT2D eigenvalue weighted by Gasteiger charge is 2.29. The van der Waals surface area contributed by atoms with E-state index in [2.05, 4.69) is 11.3 Å². The fourth-order valence-electron chi connectivity index (χ4n) is 0.784. The lowest BCUT2D eigenvalue weighted by Gasteiger charge is -2.18. The molecule has 0 fully saturated rings. The van der Waals surface area contributed by atoms with Crippen LogP contribution in [0.2, 0.25) is 0 Å². The summed E-state index contributed by atoms with van der Waals surface area (Å²) in [5.41, 5.74) is 0.157. The van der Waals surface area contributed by atoms with Crippen molar-refractivity contribution in [2.45, 2.75) is 33.0 Å². The van der Waals surface area contributed by atoms with E-state index in [0.717, 1.165) is 0 Å². The van der Waals surface area contributed by atoms with Crippen LogP contribution in [0.15, 0.2) is 12.2 Å². The number of ether oxygens (including phenoxy) is 2. The summed E-state index contributed by atoms with van der Waals surface area (Å²) in [4.78, 5) is 22.4.